The van der Waals surface area contributed by atoms with Gasteiger partial charge in [0.15, 0.2) is 0 Å². The smallest absolute Gasteiger partial charge is 0.274 e. The van der Waals surface area contributed by atoms with Crippen molar-refractivity contribution in [3.63, 3.8) is 0 Å². The summed E-state index contributed by atoms with van der Waals surface area (Å²) in [6.07, 6.45) is 1.42. The maximum absolute atomic E-state index is 13.8. The zero-order chi connectivity index (χ0) is 12.5. The third kappa shape index (κ3) is 2.29. The summed E-state index contributed by atoms with van der Waals surface area (Å²) in [5.41, 5.74) is 1.49. The standard InChI is InChI=1S/C12H15F2N3/c1-15-6-5-12(13,14)9-3-4-11-10(7-9)16-8-17(11)2/h3-4,7-8,15H,5-6H2,1-2H3. The van der Waals surface area contributed by atoms with Crippen molar-refractivity contribution in [1.82, 2.24) is 14.9 Å². The highest BCUT2D eigenvalue weighted by atomic mass is 19.3. The molecule has 0 amide bonds. The molecule has 2 rings (SSSR count). The first kappa shape index (κ1) is 12.0. The molecule has 0 saturated carbocycles. The van der Waals surface area contributed by atoms with Gasteiger partial charge in [0, 0.05) is 25.6 Å². The van der Waals surface area contributed by atoms with E-state index in [0.717, 1.165) is 5.52 Å². The Morgan fingerprint density at radius 1 is 1.41 bits per heavy atom. The molecule has 0 radical (unpaired) electrons. The monoisotopic (exact) mass is 239 g/mol. The number of rotatable bonds is 4. The number of alkyl halides is 2. The molecule has 92 valence electrons. The molecule has 5 heteroatoms. The Bertz CT molecular complexity index is 519. The van der Waals surface area contributed by atoms with Gasteiger partial charge in [0.1, 0.15) is 0 Å². The van der Waals surface area contributed by atoms with E-state index in [1.54, 1.807) is 19.4 Å². The number of aromatic nitrogens is 2. The van der Waals surface area contributed by atoms with Crippen LogP contribution in [0.1, 0.15) is 12.0 Å². The maximum Gasteiger partial charge on any atom is 0.274 e. The first-order valence-corrected chi connectivity index (χ1v) is 5.48. The van der Waals surface area contributed by atoms with Crippen LogP contribution < -0.4 is 5.32 Å². The van der Waals surface area contributed by atoms with E-state index >= 15 is 0 Å². The lowest BCUT2D eigenvalue weighted by Gasteiger charge is -2.16. The summed E-state index contributed by atoms with van der Waals surface area (Å²) in [5.74, 6) is -2.81. The molecule has 0 atom stereocenters. The van der Waals surface area contributed by atoms with Crippen molar-refractivity contribution in [2.45, 2.75) is 12.3 Å². The van der Waals surface area contributed by atoms with E-state index in [-0.39, 0.29) is 18.5 Å². The van der Waals surface area contributed by atoms with Gasteiger partial charge in [-0.25, -0.2) is 13.8 Å². The second-order valence-corrected chi connectivity index (χ2v) is 4.12. The summed E-state index contributed by atoms with van der Waals surface area (Å²) < 4.78 is 29.4. The van der Waals surface area contributed by atoms with E-state index in [2.05, 4.69) is 10.3 Å². The van der Waals surface area contributed by atoms with Gasteiger partial charge in [0.2, 0.25) is 0 Å². The Labute approximate surface area is 98.5 Å². The van der Waals surface area contributed by atoms with Crippen molar-refractivity contribution in [2.75, 3.05) is 13.6 Å². The average Bonchev–Trinajstić information content (AvgIpc) is 2.68. The molecule has 0 fully saturated rings. The fourth-order valence-corrected chi connectivity index (χ4v) is 1.79. The zero-order valence-electron chi connectivity index (χ0n) is 9.87. The second-order valence-electron chi connectivity index (χ2n) is 4.12. The van der Waals surface area contributed by atoms with Crippen molar-refractivity contribution in [3.05, 3.63) is 30.1 Å². The second kappa shape index (κ2) is 4.41. The van der Waals surface area contributed by atoms with Crippen molar-refractivity contribution in [3.8, 4) is 0 Å². The Balaban J connectivity index is 2.35. The van der Waals surface area contributed by atoms with Gasteiger partial charge in [-0.2, -0.15) is 0 Å². The summed E-state index contributed by atoms with van der Waals surface area (Å²) in [5, 5.41) is 2.74. The Hall–Kier alpha value is -1.49. The molecule has 2 aromatic rings. The lowest BCUT2D eigenvalue weighted by molar-refractivity contribution is -0.0122. The molecule has 0 bridgehead atoms. The van der Waals surface area contributed by atoms with E-state index in [1.165, 1.54) is 12.1 Å². The van der Waals surface area contributed by atoms with Crippen LogP contribution in [0.25, 0.3) is 11.0 Å². The predicted molar refractivity (Wildman–Crippen MR) is 63.2 cm³/mol. The predicted octanol–water partition coefficient (Wildman–Crippen LogP) is 2.27. The lowest BCUT2D eigenvalue weighted by Crippen LogP contribution is -2.20. The SMILES string of the molecule is CNCCC(F)(F)c1ccc2c(c1)ncn2C. The minimum absolute atomic E-state index is 0.0268. The van der Waals surface area contributed by atoms with Crippen molar-refractivity contribution in [2.24, 2.45) is 7.05 Å². The van der Waals surface area contributed by atoms with Crippen LogP contribution in [0.4, 0.5) is 8.78 Å². The Morgan fingerprint density at radius 2 is 2.18 bits per heavy atom. The average molecular weight is 239 g/mol. The molecule has 0 aliphatic rings. The van der Waals surface area contributed by atoms with Gasteiger partial charge in [0.05, 0.1) is 17.4 Å². The third-order valence-corrected chi connectivity index (χ3v) is 2.84. The highest BCUT2D eigenvalue weighted by Crippen LogP contribution is 2.32. The molecular weight excluding hydrogens is 224 g/mol. The summed E-state index contributed by atoms with van der Waals surface area (Å²) >= 11 is 0. The van der Waals surface area contributed by atoms with Crippen LogP contribution in [0, 0.1) is 0 Å². The number of hydrogen-bond acceptors (Lipinski definition) is 2. The number of fused-ring (bicyclic) bond motifs is 1. The molecule has 0 aliphatic carbocycles. The Kier molecular flexibility index (Phi) is 3.11. The lowest BCUT2D eigenvalue weighted by atomic mass is 10.0. The number of imidazole rings is 1. The normalized spacial score (nSPS) is 12.2. The van der Waals surface area contributed by atoms with E-state index < -0.39 is 5.92 Å². The molecule has 0 unspecified atom stereocenters. The number of halogens is 2. The minimum atomic E-state index is -2.81. The van der Waals surface area contributed by atoms with E-state index in [1.807, 2.05) is 11.6 Å². The Morgan fingerprint density at radius 3 is 2.88 bits per heavy atom. The fourth-order valence-electron chi connectivity index (χ4n) is 1.79. The summed E-state index contributed by atoms with van der Waals surface area (Å²) in [7, 11) is 3.51. The van der Waals surface area contributed by atoms with Crippen LogP contribution in [0.2, 0.25) is 0 Å². The molecule has 1 aromatic heterocycles. The minimum Gasteiger partial charge on any atom is -0.334 e. The molecule has 1 heterocycles. The van der Waals surface area contributed by atoms with E-state index in [0.29, 0.717) is 5.52 Å². The van der Waals surface area contributed by atoms with Gasteiger partial charge in [0.25, 0.3) is 5.92 Å². The summed E-state index contributed by atoms with van der Waals surface area (Å²) in [4.78, 5) is 4.09. The van der Waals surface area contributed by atoms with Gasteiger partial charge in [-0.15, -0.1) is 0 Å². The number of nitrogens with one attached hydrogen (secondary N) is 1. The molecule has 17 heavy (non-hydrogen) atoms. The highest BCUT2D eigenvalue weighted by molar-refractivity contribution is 5.76. The van der Waals surface area contributed by atoms with E-state index in [9.17, 15) is 8.78 Å². The number of benzene rings is 1. The molecule has 1 aromatic carbocycles. The molecule has 3 nitrogen and oxygen atoms in total. The van der Waals surface area contributed by atoms with Gasteiger partial charge in [-0.3, -0.25) is 0 Å². The van der Waals surface area contributed by atoms with Gasteiger partial charge < -0.3 is 9.88 Å². The summed E-state index contributed by atoms with van der Waals surface area (Å²) in [6, 6.07) is 4.62. The van der Waals surface area contributed by atoms with Crippen LogP contribution in [0.5, 0.6) is 0 Å². The number of hydrogen-bond donors (Lipinski definition) is 1. The topological polar surface area (TPSA) is 29.9 Å². The van der Waals surface area contributed by atoms with Crippen molar-refractivity contribution >= 4 is 11.0 Å². The summed E-state index contributed by atoms with van der Waals surface area (Å²) in [6.45, 7) is 0.285. The van der Waals surface area contributed by atoms with Crippen molar-refractivity contribution < 1.29 is 8.78 Å². The van der Waals surface area contributed by atoms with Crippen LogP contribution in [-0.2, 0) is 13.0 Å². The van der Waals surface area contributed by atoms with Crippen LogP contribution in [0.15, 0.2) is 24.5 Å². The first-order valence-electron chi connectivity index (χ1n) is 5.48. The molecule has 0 aliphatic heterocycles. The number of nitrogens with zero attached hydrogens (tertiary/aromatic N) is 2. The van der Waals surface area contributed by atoms with Gasteiger partial charge in [-0.1, -0.05) is 6.07 Å². The fraction of sp³-hybridized carbons (Fsp3) is 0.417. The van der Waals surface area contributed by atoms with Crippen LogP contribution in [-0.4, -0.2) is 23.1 Å². The molecular formula is C12H15F2N3. The van der Waals surface area contributed by atoms with Crippen LogP contribution in [0.3, 0.4) is 0 Å². The molecule has 0 spiro atoms. The molecule has 0 saturated heterocycles. The highest BCUT2D eigenvalue weighted by Gasteiger charge is 2.31. The van der Waals surface area contributed by atoms with Crippen molar-refractivity contribution in [1.29, 1.82) is 0 Å². The third-order valence-electron chi connectivity index (χ3n) is 2.84. The maximum atomic E-state index is 13.8. The molecule has 1 N–H and O–H groups in total. The number of aryl methyl sites for hydroxylation is 1. The van der Waals surface area contributed by atoms with E-state index in [4.69, 9.17) is 0 Å². The largest absolute Gasteiger partial charge is 0.334 e. The quantitative estimate of drug-likeness (QED) is 0.887. The zero-order valence-corrected chi connectivity index (χ0v) is 9.87. The van der Waals surface area contributed by atoms with Gasteiger partial charge >= 0.3 is 0 Å². The van der Waals surface area contributed by atoms with Gasteiger partial charge in [-0.05, 0) is 19.2 Å². The van der Waals surface area contributed by atoms with Crippen LogP contribution >= 0.6 is 0 Å². The first-order chi connectivity index (χ1) is 8.04.